The van der Waals surface area contributed by atoms with Gasteiger partial charge < -0.3 is 15.4 Å². The van der Waals surface area contributed by atoms with Crippen molar-refractivity contribution in [1.29, 1.82) is 0 Å². The van der Waals surface area contributed by atoms with Crippen LogP contribution in [-0.2, 0) is 35.6 Å². The number of hydrogen-bond acceptors (Lipinski definition) is 6. The van der Waals surface area contributed by atoms with Crippen LogP contribution in [0.2, 0.25) is 0 Å². The highest BCUT2D eigenvalue weighted by Gasteiger charge is 2.29. The first-order valence-corrected chi connectivity index (χ1v) is 11.5. The minimum Gasteiger partial charge on any atom is -0.451 e. The Kier molecular flexibility index (Phi) is 8.50. The van der Waals surface area contributed by atoms with E-state index in [0.717, 1.165) is 5.56 Å². The van der Waals surface area contributed by atoms with E-state index in [1.165, 1.54) is 31.2 Å². The van der Waals surface area contributed by atoms with Crippen LogP contribution in [0.4, 0.5) is 5.69 Å². The lowest BCUT2D eigenvalue weighted by Gasteiger charge is -2.23. The zero-order valence-corrected chi connectivity index (χ0v) is 18.9. The molecule has 172 valence electrons. The normalized spacial score (nSPS) is 13.2. The Balaban J connectivity index is 1.98. The molecule has 2 amide bonds. The monoisotopic (exact) mass is 461 g/mol. The zero-order chi connectivity index (χ0) is 23.9. The van der Waals surface area contributed by atoms with Crippen LogP contribution in [0.1, 0.15) is 26.3 Å². The van der Waals surface area contributed by atoms with E-state index < -0.39 is 34.0 Å². The smallest absolute Gasteiger partial charge is 0.329 e. The Morgan fingerprint density at radius 2 is 1.66 bits per heavy atom. The summed E-state index contributed by atoms with van der Waals surface area (Å²) in [7, 11) is -3.93. The summed E-state index contributed by atoms with van der Waals surface area (Å²) >= 11 is 0. The van der Waals surface area contributed by atoms with Crippen molar-refractivity contribution >= 4 is 33.5 Å². The van der Waals surface area contributed by atoms with Gasteiger partial charge in [0.1, 0.15) is 6.04 Å². The maximum atomic E-state index is 12.6. The number of hydrogen-bond donors (Lipinski definition) is 3. The highest BCUT2D eigenvalue weighted by atomic mass is 32.2. The first kappa shape index (κ1) is 25.0. The molecule has 0 radical (unpaired) electrons. The predicted molar refractivity (Wildman–Crippen MR) is 119 cm³/mol. The van der Waals surface area contributed by atoms with Crippen LogP contribution in [0.15, 0.2) is 59.5 Å². The molecule has 2 aromatic rings. The van der Waals surface area contributed by atoms with Crippen LogP contribution in [0.5, 0.6) is 0 Å². The van der Waals surface area contributed by atoms with Gasteiger partial charge in [0.25, 0.3) is 5.91 Å². The van der Waals surface area contributed by atoms with Crippen molar-refractivity contribution in [1.82, 2.24) is 5.32 Å². The number of carbonyl (C=O) groups is 3. The fraction of sp³-hybridized carbons (Fsp3) is 0.318. The van der Waals surface area contributed by atoms with Crippen LogP contribution >= 0.6 is 0 Å². The van der Waals surface area contributed by atoms with Crippen LogP contribution < -0.4 is 15.8 Å². The average molecular weight is 462 g/mol. The molecule has 4 N–H and O–H groups in total. The Hall–Kier alpha value is -3.24. The summed E-state index contributed by atoms with van der Waals surface area (Å²) in [6, 6.07) is 13.5. The zero-order valence-electron chi connectivity index (χ0n) is 18.1. The number of carbonyl (C=O) groups excluding carboxylic acids is 3. The summed E-state index contributed by atoms with van der Waals surface area (Å²) in [5, 5.41) is 10.2. The fourth-order valence-electron chi connectivity index (χ4n) is 2.80. The molecule has 9 nitrogen and oxygen atoms in total. The van der Waals surface area contributed by atoms with Gasteiger partial charge in [0.15, 0.2) is 6.10 Å². The lowest BCUT2D eigenvalue weighted by atomic mass is 10.0. The van der Waals surface area contributed by atoms with Gasteiger partial charge in [-0.1, -0.05) is 50.2 Å². The molecule has 0 aliphatic rings. The number of sulfonamides is 1. The van der Waals surface area contributed by atoms with E-state index in [1.807, 2.05) is 18.2 Å². The van der Waals surface area contributed by atoms with Crippen LogP contribution in [0.3, 0.4) is 0 Å². The number of nitrogens with one attached hydrogen (secondary N) is 2. The van der Waals surface area contributed by atoms with E-state index in [9.17, 15) is 22.8 Å². The van der Waals surface area contributed by atoms with E-state index >= 15 is 0 Å². The molecule has 0 bridgehead atoms. The molecule has 0 saturated carbocycles. The summed E-state index contributed by atoms with van der Waals surface area (Å²) in [6.07, 6.45) is -1.08. The van der Waals surface area contributed by atoms with Gasteiger partial charge in [0.05, 0.1) is 11.3 Å². The molecular formula is C22H27N3O6S. The molecule has 2 rings (SSSR count). The lowest BCUT2D eigenvalue weighted by Crippen LogP contribution is -2.47. The predicted octanol–water partition coefficient (Wildman–Crippen LogP) is 1.59. The number of rotatable bonds is 9. The summed E-state index contributed by atoms with van der Waals surface area (Å²) in [5.74, 6) is -2.03. The molecule has 1 unspecified atom stereocenters. The minimum absolute atomic E-state index is 0.105. The summed E-state index contributed by atoms with van der Waals surface area (Å²) in [6.45, 7) is 4.87. The standard InChI is InChI=1S/C22H27N3O6S/c1-14(2)20(25-19(26)12-16-8-5-4-6-9-16)22(28)31-15(3)21(27)24-17-10-7-11-18(13-17)32(23,29)30/h4-11,13-15,20H,12H2,1-3H3,(H,24,27)(H,25,26)(H2,23,29,30)/t15?,20-/m0/s1. The maximum Gasteiger partial charge on any atom is 0.329 e. The Morgan fingerprint density at radius 3 is 2.25 bits per heavy atom. The molecule has 0 heterocycles. The van der Waals surface area contributed by atoms with Crippen LogP contribution in [0.25, 0.3) is 0 Å². The van der Waals surface area contributed by atoms with Crippen molar-refractivity contribution < 1.29 is 27.5 Å². The van der Waals surface area contributed by atoms with Crippen molar-refractivity contribution in [3.05, 3.63) is 60.2 Å². The molecule has 0 aromatic heterocycles. The molecular weight excluding hydrogens is 434 g/mol. The third-order valence-corrected chi connectivity index (χ3v) is 5.45. The second-order valence-electron chi connectivity index (χ2n) is 7.59. The van der Waals surface area contributed by atoms with Gasteiger partial charge in [-0.2, -0.15) is 0 Å². The lowest BCUT2D eigenvalue weighted by molar-refractivity contribution is -0.157. The van der Waals surface area contributed by atoms with Crippen molar-refractivity contribution in [3.63, 3.8) is 0 Å². The second-order valence-corrected chi connectivity index (χ2v) is 9.15. The molecule has 32 heavy (non-hydrogen) atoms. The molecule has 0 aliphatic carbocycles. The molecule has 10 heteroatoms. The summed E-state index contributed by atoms with van der Waals surface area (Å²) in [4.78, 5) is 37.2. The fourth-order valence-corrected chi connectivity index (χ4v) is 3.36. The summed E-state index contributed by atoms with van der Waals surface area (Å²) in [5.41, 5.74) is 0.983. The van der Waals surface area contributed by atoms with Crippen LogP contribution in [-0.4, -0.2) is 38.3 Å². The molecule has 0 fully saturated rings. The van der Waals surface area contributed by atoms with Gasteiger partial charge in [-0.25, -0.2) is 18.4 Å². The van der Waals surface area contributed by atoms with E-state index in [2.05, 4.69) is 10.6 Å². The number of benzene rings is 2. The second kappa shape index (κ2) is 10.9. The Labute approximate surface area is 187 Å². The molecule has 2 aromatic carbocycles. The van der Waals surface area contributed by atoms with E-state index in [1.54, 1.807) is 26.0 Å². The van der Waals surface area contributed by atoms with Gasteiger partial charge in [-0.3, -0.25) is 9.59 Å². The van der Waals surface area contributed by atoms with Crippen LogP contribution in [0, 0.1) is 5.92 Å². The topological polar surface area (TPSA) is 145 Å². The third kappa shape index (κ3) is 7.47. The number of anilines is 1. The minimum atomic E-state index is -3.93. The van der Waals surface area contributed by atoms with Crippen molar-refractivity contribution in [2.45, 2.75) is 44.2 Å². The number of esters is 1. The third-order valence-electron chi connectivity index (χ3n) is 4.54. The Bertz CT molecular complexity index is 1070. The number of ether oxygens (including phenoxy) is 1. The van der Waals surface area contributed by atoms with Crippen molar-refractivity contribution in [3.8, 4) is 0 Å². The van der Waals surface area contributed by atoms with Gasteiger partial charge in [-0.05, 0) is 36.6 Å². The van der Waals surface area contributed by atoms with Gasteiger partial charge in [-0.15, -0.1) is 0 Å². The SMILES string of the molecule is CC(OC(=O)[C@@H](NC(=O)Cc1ccccc1)C(C)C)C(=O)Nc1cccc(S(N)(=O)=O)c1. The first-order valence-electron chi connectivity index (χ1n) is 9.95. The van der Waals surface area contributed by atoms with Gasteiger partial charge in [0, 0.05) is 5.69 Å². The van der Waals surface area contributed by atoms with E-state index in [-0.39, 0.29) is 28.8 Å². The maximum absolute atomic E-state index is 12.6. The quantitative estimate of drug-likeness (QED) is 0.484. The first-order chi connectivity index (χ1) is 15.0. The van der Waals surface area contributed by atoms with Crippen molar-refractivity contribution in [2.24, 2.45) is 11.1 Å². The Morgan fingerprint density at radius 1 is 1.00 bits per heavy atom. The van der Waals surface area contributed by atoms with Gasteiger partial charge >= 0.3 is 5.97 Å². The number of amides is 2. The van der Waals surface area contributed by atoms with Crippen molar-refractivity contribution in [2.75, 3.05) is 5.32 Å². The average Bonchev–Trinajstić information content (AvgIpc) is 2.72. The van der Waals surface area contributed by atoms with E-state index in [0.29, 0.717) is 0 Å². The highest BCUT2D eigenvalue weighted by molar-refractivity contribution is 7.89. The number of primary sulfonamides is 1. The number of nitrogens with two attached hydrogens (primary N) is 1. The molecule has 0 spiro atoms. The summed E-state index contributed by atoms with van der Waals surface area (Å²) < 4.78 is 28.2. The highest BCUT2D eigenvalue weighted by Crippen LogP contribution is 2.15. The van der Waals surface area contributed by atoms with E-state index in [4.69, 9.17) is 9.88 Å². The molecule has 0 aliphatic heterocycles. The largest absolute Gasteiger partial charge is 0.451 e. The van der Waals surface area contributed by atoms with Gasteiger partial charge in [0.2, 0.25) is 15.9 Å². The molecule has 2 atom stereocenters. The molecule has 0 saturated heterocycles.